The molecule has 1 amide bonds. The molecule has 0 fully saturated rings. The van der Waals surface area contributed by atoms with Crippen molar-refractivity contribution < 1.29 is 4.79 Å². The van der Waals surface area contributed by atoms with Gasteiger partial charge in [0, 0.05) is 23.4 Å². The van der Waals surface area contributed by atoms with Crippen molar-refractivity contribution in [3.8, 4) is 0 Å². The summed E-state index contributed by atoms with van der Waals surface area (Å²) in [6, 6.07) is 7.57. The van der Waals surface area contributed by atoms with Crippen LogP contribution in [0.4, 0.5) is 0 Å². The quantitative estimate of drug-likeness (QED) is 0.948. The molecule has 0 radical (unpaired) electrons. The van der Waals surface area contributed by atoms with Gasteiger partial charge < -0.3 is 9.88 Å². The maximum atomic E-state index is 12.1. The molecule has 2 aromatic heterocycles. The highest BCUT2D eigenvalue weighted by atomic mass is 79.9. The number of hydrogen-bond acceptors (Lipinski definition) is 2. The zero-order valence-corrected chi connectivity index (χ0v) is 11.9. The minimum atomic E-state index is -0.0518. The molecule has 0 bridgehead atoms. The highest BCUT2D eigenvalue weighted by Crippen LogP contribution is 2.13. The second-order valence-electron chi connectivity index (χ2n) is 4.16. The summed E-state index contributed by atoms with van der Waals surface area (Å²) >= 11 is 3.31. The van der Waals surface area contributed by atoms with Crippen LogP contribution in [-0.4, -0.2) is 27.8 Å². The first-order chi connectivity index (χ1) is 8.56. The van der Waals surface area contributed by atoms with Crippen molar-refractivity contribution in [1.82, 2.24) is 14.9 Å². The monoisotopic (exact) mass is 307 g/mol. The van der Waals surface area contributed by atoms with Gasteiger partial charge in [-0.2, -0.15) is 0 Å². The first-order valence-electron chi connectivity index (χ1n) is 5.58. The number of carbonyl (C=O) groups is 1. The van der Waals surface area contributed by atoms with Gasteiger partial charge in [0.15, 0.2) is 0 Å². The fourth-order valence-electron chi connectivity index (χ4n) is 1.70. The number of aryl methyl sites for hydroxylation is 1. The minimum absolute atomic E-state index is 0.0518. The van der Waals surface area contributed by atoms with Crippen LogP contribution in [0.1, 0.15) is 21.9 Å². The van der Waals surface area contributed by atoms with Crippen molar-refractivity contribution in [1.29, 1.82) is 0 Å². The predicted octanol–water partition coefficient (Wildman–Crippen LogP) is 2.75. The van der Waals surface area contributed by atoms with Gasteiger partial charge >= 0.3 is 0 Å². The summed E-state index contributed by atoms with van der Waals surface area (Å²) < 4.78 is 0.868. The lowest BCUT2D eigenvalue weighted by atomic mass is 10.3. The van der Waals surface area contributed by atoms with Gasteiger partial charge in [-0.25, -0.2) is 0 Å². The van der Waals surface area contributed by atoms with Crippen LogP contribution in [0.5, 0.6) is 0 Å². The van der Waals surface area contributed by atoms with Gasteiger partial charge in [-0.15, -0.1) is 0 Å². The van der Waals surface area contributed by atoms with E-state index in [2.05, 4.69) is 25.9 Å². The van der Waals surface area contributed by atoms with Crippen LogP contribution in [0.15, 0.2) is 34.9 Å². The van der Waals surface area contributed by atoms with Gasteiger partial charge in [-0.05, 0) is 41.1 Å². The second kappa shape index (κ2) is 5.35. The molecule has 0 aliphatic heterocycles. The Morgan fingerprint density at radius 2 is 2.28 bits per heavy atom. The maximum absolute atomic E-state index is 12.1. The molecule has 0 aliphatic carbocycles. The molecule has 0 unspecified atom stereocenters. The summed E-state index contributed by atoms with van der Waals surface area (Å²) in [5.74, 6) is -0.0518. The fourth-order valence-corrected chi connectivity index (χ4v) is 2.04. The van der Waals surface area contributed by atoms with E-state index in [-0.39, 0.29) is 5.91 Å². The Bertz CT molecular complexity index is 565. The highest BCUT2D eigenvalue weighted by molar-refractivity contribution is 9.10. The van der Waals surface area contributed by atoms with Crippen molar-refractivity contribution in [2.45, 2.75) is 13.5 Å². The minimum Gasteiger partial charge on any atom is -0.356 e. The highest BCUT2D eigenvalue weighted by Gasteiger charge is 2.14. The Morgan fingerprint density at radius 3 is 2.89 bits per heavy atom. The van der Waals surface area contributed by atoms with Gasteiger partial charge in [-0.1, -0.05) is 6.07 Å². The predicted molar refractivity (Wildman–Crippen MR) is 73.3 cm³/mol. The lowest BCUT2D eigenvalue weighted by Gasteiger charge is -2.16. The van der Waals surface area contributed by atoms with Crippen molar-refractivity contribution in [3.63, 3.8) is 0 Å². The number of nitrogens with one attached hydrogen (secondary N) is 1. The molecule has 0 aliphatic rings. The Morgan fingerprint density at radius 1 is 1.50 bits per heavy atom. The molecule has 1 N–H and O–H groups in total. The largest absolute Gasteiger partial charge is 0.356 e. The smallest absolute Gasteiger partial charge is 0.270 e. The topological polar surface area (TPSA) is 49.0 Å². The van der Waals surface area contributed by atoms with Gasteiger partial charge in [0.25, 0.3) is 5.91 Å². The third-order valence-corrected chi connectivity index (χ3v) is 3.03. The number of hydrogen-bond donors (Lipinski definition) is 1. The maximum Gasteiger partial charge on any atom is 0.270 e. The van der Waals surface area contributed by atoms with E-state index in [1.54, 1.807) is 24.2 Å². The Labute approximate surface area is 114 Å². The van der Waals surface area contributed by atoms with E-state index in [9.17, 15) is 4.79 Å². The molecule has 0 aromatic carbocycles. The van der Waals surface area contributed by atoms with Crippen LogP contribution in [0.3, 0.4) is 0 Å². The molecule has 0 saturated carbocycles. The van der Waals surface area contributed by atoms with Crippen LogP contribution in [0, 0.1) is 6.92 Å². The first kappa shape index (κ1) is 12.8. The summed E-state index contributed by atoms with van der Waals surface area (Å²) in [4.78, 5) is 21.0. The van der Waals surface area contributed by atoms with Gasteiger partial charge in [-0.3, -0.25) is 9.78 Å². The van der Waals surface area contributed by atoms with Crippen molar-refractivity contribution in [3.05, 3.63) is 52.0 Å². The van der Waals surface area contributed by atoms with Crippen LogP contribution >= 0.6 is 15.9 Å². The Balaban J connectivity index is 2.08. The molecule has 4 nitrogen and oxygen atoms in total. The van der Waals surface area contributed by atoms with E-state index in [1.165, 1.54) is 0 Å². The average Bonchev–Trinajstić information content (AvgIpc) is 2.75. The van der Waals surface area contributed by atoms with Crippen LogP contribution in [-0.2, 0) is 6.54 Å². The number of aromatic amines is 1. The van der Waals surface area contributed by atoms with Gasteiger partial charge in [0.05, 0.1) is 12.2 Å². The molecule has 18 heavy (non-hydrogen) atoms. The second-order valence-corrected chi connectivity index (χ2v) is 5.08. The molecule has 5 heteroatoms. The zero-order chi connectivity index (χ0) is 13.1. The Kier molecular flexibility index (Phi) is 3.81. The molecule has 0 atom stereocenters. The summed E-state index contributed by atoms with van der Waals surface area (Å²) in [5, 5.41) is 0. The number of amides is 1. The molecule has 0 saturated heterocycles. The van der Waals surface area contributed by atoms with Crippen LogP contribution < -0.4 is 0 Å². The van der Waals surface area contributed by atoms with Gasteiger partial charge in [0.1, 0.15) is 5.69 Å². The van der Waals surface area contributed by atoms with E-state index in [0.29, 0.717) is 12.2 Å². The summed E-state index contributed by atoms with van der Waals surface area (Å²) in [6.07, 6.45) is 1.74. The van der Waals surface area contributed by atoms with Crippen molar-refractivity contribution in [2.75, 3.05) is 7.05 Å². The molecular formula is C13H14BrN3O. The Hall–Kier alpha value is -1.62. The number of H-pyrrole nitrogens is 1. The molecule has 2 aromatic rings. The number of halogens is 1. The molecule has 2 heterocycles. The van der Waals surface area contributed by atoms with E-state index in [1.807, 2.05) is 25.1 Å². The lowest BCUT2D eigenvalue weighted by Crippen LogP contribution is -2.26. The molecular weight excluding hydrogens is 294 g/mol. The van der Waals surface area contributed by atoms with Gasteiger partial charge in [0.2, 0.25) is 0 Å². The van der Waals surface area contributed by atoms with E-state index in [4.69, 9.17) is 0 Å². The van der Waals surface area contributed by atoms with E-state index in [0.717, 1.165) is 15.9 Å². The van der Waals surface area contributed by atoms with Crippen molar-refractivity contribution >= 4 is 21.8 Å². The lowest BCUT2D eigenvalue weighted by molar-refractivity contribution is 0.0778. The normalized spacial score (nSPS) is 10.4. The number of nitrogens with zero attached hydrogens (tertiary/aromatic N) is 2. The van der Waals surface area contributed by atoms with Crippen LogP contribution in [0.2, 0.25) is 0 Å². The number of aromatic nitrogens is 2. The average molecular weight is 308 g/mol. The number of carbonyl (C=O) groups excluding carboxylic acids is 1. The molecule has 0 spiro atoms. The summed E-state index contributed by atoms with van der Waals surface area (Å²) in [7, 11) is 1.76. The molecule has 2 rings (SSSR count). The fraction of sp³-hybridized carbons (Fsp3) is 0.231. The zero-order valence-electron chi connectivity index (χ0n) is 10.3. The summed E-state index contributed by atoms with van der Waals surface area (Å²) in [6.45, 7) is 2.44. The first-order valence-corrected chi connectivity index (χ1v) is 6.37. The standard InChI is InChI=1S/C13H14BrN3O/c1-9-4-3-5-11(16-9)8-17(2)13(18)12-6-10(14)7-15-12/h3-7,15H,8H2,1-2H3. The number of rotatable bonds is 3. The van der Waals surface area contributed by atoms with E-state index < -0.39 is 0 Å². The SMILES string of the molecule is Cc1cccc(CN(C)C(=O)c2cc(Br)c[nH]2)n1. The summed E-state index contributed by atoms with van der Waals surface area (Å²) in [5.41, 5.74) is 2.41. The van der Waals surface area contributed by atoms with Crippen LogP contribution in [0.25, 0.3) is 0 Å². The third kappa shape index (κ3) is 2.98. The third-order valence-electron chi connectivity index (χ3n) is 2.57. The van der Waals surface area contributed by atoms with Crippen molar-refractivity contribution in [2.24, 2.45) is 0 Å². The van der Waals surface area contributed by atoms with E-state index >= 15 is 0 Å². The molecule has 94 valence electrons. The number of pyridine rings is 1.